The van der Waals surface area contributed by atoms with Crippen LogP contribution in [0.2, 0.25) is 5.02 Å². The number of carbonyl (C=O) groups excluding carboxylic acids is 3. The van der Waals surface area contributed by atoms with Crippen LogP contribution in [0.5, 0.6) is 0 Å². The summed E-state index contributed by atoms with van der Waals surface area (Å²) in [6.07, 6.45) is -0.765. The standard InChI is InChI=1S/C30H29ClF4N10O3.CH2O2/c31-22-12-18(1-2-20(22)29(48)45-9-7-44(8-10-45)28(47)16-3-5-36-6-4-16)41-27(46)26-39-15-19(40-26)11-21-23(25-37-13-17(32)14-38-25)42-43-24(21)30(33,34)35;2-1-3/h1-2,12-16,36H,3-11H2,(H,39,40)(H,41,46)(H,42,43);1H,(H,2,3). The van der Waals surface area contributed by atoms with Gasteiger partial charge in [0.15, 0.2) is 23.2 Å². The van der Waals surface area contributed by atoms with E-state index in [9.17, 15) is 31.9 Å². The maximum Gasteiger partial charge on any atom is 0.435 e. The zero-order valence-corrected chi connectivity index (χ0v) is 27.4. The zero-order valence-electron chi connectivity index (χ0n) is 26.6. The second kappa shape index (κ2) is 16.1. The predicted octanol–water partition coefficient (Wildman–Crippen LogP) is 3.23. The number of aromatic nitrogens is 6. The van der Waals surface area contributed by atoms with Crippen LogP contribution in [-0.4, -0.2) is 109 Å². The summed E-state index contributed by atoms with van der Waals surface area (Å²) in [5.41, 5.74) is -1.09. The lowest BCUT2D eigenvalue weighted by Gasteiger charge is -2.37. The number of imidazole rings is 1. The normalized spacial score (nSPS) is 15.2. The van der Waals surface area contributed by atoms with Crippen molar-refractivity contribution in [2.24, 2.45) is 5.92 Å². The van der Waals surface area contributed by atoms with E-state index in [1.54, 1.807) is 4.90 Å². The number of H-pyrrole nitrogens is 2. The Morgan fingerprint density at radius 1 is 1.02 bits per heavy atom. The highest BCUT2D eigenvalue weighted by atomic mass is 35.5. The van der Waals surface area contributed by atoms with E-state index in [1.807, 2.05) is 4.90 Å². The number of hydrogen-bond donors (Lipinski definition) is 5. The number of carboxylic acid groups (broad SMARTS) is 1. The second-order valence-corrected chi connectivity index (χ2v) is 11.9. The Hall–Kier alpha value is -5.43. The van der Waals surface area contributed by atoms with Gasteiger partial charge in [-0.3, -0.25) is 24.3 Å². The van der Waals surface area contributed by atoms with Gasteiger partial charge in [0.25, 0.3) is 18.3 Å². The maximum atomic E-state index is 13.7. The van der Waals surface area contributed by atoms with Crippen LogP contribution < -0.4 is 10.6 Å². The van der Waals surface area contributed by atoms with Gasteiger partial charge in [-0.05, 0) is 44.1 Å². The van der Waals surface area contributed by atoms with Crippen LogP contribution in [0.15, 0.2) is 36.8 Å². The van der Waals surface area contributed by atoms with Gasteiger partial charge in [0.2, 0.25) is 5.91 Å². The molecule has 2 saturated heterocycles. The molecule has 3 amide bonds. The summed E-state index contributed by atoms with van der Waals surface area (Å²) in [5.74, 6) is -2.04. The number of nitrogens with one attached hydrogen (secondary N) is 4. The minimum absolute atomic E-state index is 0.00734. The van der Waals surface area contributed by atoms with Gasteiger partial charge in [-0.25, -0.2) is 19.3 Å². The van der Waals surface area contributed by atoms with Crippen molar-refractivity contribution in [2.75, 3.05) is 44.6 Å². The number of aromatic amines is 2. The molecule has 5 N–H and O–H groups in total. The third-order valence-corrected chi connectivity index (χ3v) is 8.53. The van der Waals surface area contributed by atoms with Crippen molar-refractivity contribution in [1.29, 1.82) is 0 Å². The monoisotopic (exact) mass is 734 g/mol. The Balaban J connectivity index is 0.00000162. The van der Waals surface area contributed by atoms with Crippen molar-refractivity contribution in [2.45, 2.75) is 25.4 Å². The van der Waals surface area contributed by atoms with E-state index in [4.69, 9.17) is 21.5 Å². The van der Waals surface area contributed by atoms with Gasteiger partial charge >= 0.3 is 6.18 Å². The molecule has 2 aliphatic heterocycles. The Labute approximate surface area is 291 Å². The number of alkyl halides is 3. The van der Waals surface area contributed by atoms with Gasteiger partial charge in [-0.1, -0.05) is 11.6 Å². The molecule has 20 heteroatoms. The average molecular weight is 735 g/mol. The smallest absolute Gasteiger partial charge is 0.435 e. The summed E-state index contributed by atoms with van der Waals surface area (Å²) in [6, 6.07) is 4.38. The van der Waals surface area contributed by atoms with Crippen LogP contribution in [0.3, 0.4) is 0 Å². The maximum absolute atomic E-state index is 13.7. The quantitative estimate of drug-likeness (QED) is 0.139. The van der Waals surface area contributed by atoms with E-state index in [-0.39, 0.29) is 75.5 Å². The van der Waals surface area contributed by atoms with E-state index in [0.717, 1.165) is 38.3 Å². The summed E-state index contributed by atoms with van der Waals surface area (Å²) >= 11 is 6.44. The molecule has 51 heavy (non-hydrogen) atoms. The number of rotatable bonds is 7. The molecule has 4 aromatic rings. The fraction of sp³-hybridized carbons (Fsp3) is 0.355. The third-order valence-electron chi connectivity index (χ3n) is 8.21. The highest BCUT2D eigenvalue weighted by Crippen LogP contribution is 2.35. The number of carbonyl (C=O) groups is 4. The molecule has 0 radical (unpaired) electrons. The lowest BCUT2D eigenvalue weighted by Crippen LogP contribution is -2.52. The number of piperidine rings is 1. The number of piperazine rings is 1. The molecule has 0 spiro atoms. The van der Waals surface area contributed by atoms with Gasteiger partial charge in [0.05, 0.1) is 23.0 Å². The number of benzene rings is 1. The van der Waals surface area contributed by atoms with E-state index in [1.165, 1.54) is 24.4 Å². The van der Waals surface area contributed by atoms with Crippen molar-refractivity contribution >= 4 is 41.5 Å². The first-order chi connectivity index (χ1) is 24.4. The average Bonchev–Trinajstić information content (AvgIpc) is 3.77. The Kier molecular flexibility index (Phi) is 11.6. The van der Waals surface area contributed by atoms with Crippen LogP contribution in [0.1, 0.15) is 50.8 Å². The van der Waals surface area contributed by atoms with Crippen molar-refractivity contribution in [3.05, 3.63) is 76.0 Å². The molecule has 0 saturated carbocycles. The minimum Gasteiger partial charge on any atom is -0.483 e. The minimum atomic E-state index is -4.82. The van der Waals surface area contributed by atoms with E-state index < -0.39 is 23.6 Å². The van der Waals surface area contributed by atoms with Gasteiger partial charge in [-0.15, -0.1) is 0 Å². The summed E-state index contributed by atoms with van der Waals surface area (Å²) in [4.78, 5) is 65.0. The molecule has 270 valence electrons. The third kappa shape index (κ3) is 8.84. The van der Waals surface area contributed by atoms with Crippen LogP contribution in [-0.2, 0) is 22.2 Å². The van der Waals surface area contributed by atoms with Crippen LogP contribution in [0.4, 0.5) is 23.2 Å². The number of halogens is 5. The highest BCUT2D eigenvalue weighted by molar-refractivity contribution is 6.34. The van der Waals surface area contributed by atoms with Gasteiger partial charge in [-0.2, -0.15) is 18.3 Å². The Morgan fingerprint density at radius 2 is 1.67 bits per heavy atom. The largest absolute Gasteiger partial charge is 0.483 e. The number of amides is 3. The lowest BCUT2D eigenvalue weighted by molar-refractivity contribution is -0.141. The molecule has 0 bridgehead atoms. The first kappa shape index (κ1) is 36.8. The topological polar surface area (TPSA) is 202 Å². The zero-order chi connectivity index (χ0) is 36.7. The molecule has 0 atom stereocenters. The molecule has 0 unspecified atom stereocenters. The van der Waals surface area contributed by atoms with Gasteiger partial charge < -0.3 is 30.5 Å². The highest BCUT2D eigenvalue weighted by Gasteiger charge is 2.39. The molecule has 2 fully saturated rings. The summed E-state index contributed by atoms with van der Waals surface area (Å²) in [7, 11) is 0. The summed E-state index contributed by atoms with van der Waals surface area (Å²) < 4.78 is 54.5. The van der Waals surface area contributed by atoms with Crippen molar-refractivity contribution < 1.29 is 41.8 Å². The molecular weight excluding hydrogens is 704 g/mol. The number of hydrogen-bond acceptors (Lipinski definition) is 9. The molecule has 0 aliphatic carbocycles. The first-order valence-electron chi connectivity index (χ1n) is 15.5. The Bertz CT molecular complexity index is 1870. The van der Waals surface area contributed by atoms with Crippen molar-refractivity contribution in [3.8, 4) is 11.5 Å². The SMILES string of the molecule is O=C(Nc1ccc(C(=O)N2CCN(C(=O)C3CCNCC3)CC2)c(Cl)c1)c1ncc(Cc2c(C(F)(F)F)n[nH]c2-c2ncc(F)cn2)[nH]1.O=CO. The molecule has 5 heterocycles. The summed E-state index contributed by atoms with van der Waals surface area (Å²) in [5, 5.41) is 18.5. The molecule has 6 rings (SSSR count). The van der Waals surface area contributed by atoms with Crippen LogP contribution in [0, 0.1) is 11.7 Å². The Morgan fingerprint density at radius 3 is 2.29 bits per heavy atom. The lowest BCUT2D eigenvalue weighted by atomic mass is 9.96. The van der Waals surface area contributed by atoms with Crippen molar-refractivity contribution in [1.82, 2.24) is 45.2 Å². The number of anilines is 1. The second-order valence-electron chi connectivity index (χ2n) is 11.5. The fourth-order valence-corrected chi connectivity index (χ4v) is 6.00. The van der Waals surface area contributed by atoms with E-state index in [2.05, 4.69) is 40.8 Å². The van der Waals surface area contributed by atoms with E-state index >= 15 is 0 Å². The fourth-order valence-electron chi connectivity index (χ4n) is 5.74. The molecule has 3 aromatic heterocycles. The van der Waals surface area contributed by atoms with Crippen molar-refractivity contribution in [3.63, 3.8) is 0 Å². The first-order valence-corrected chi connectivity index (χ1v) is 15.9. The molecule has 15 nitrogen and oxygen atoms in total. The van der Waals surface area contributed by atoms with Gasteiger partial charge in [0.1, 0.15) is 5.69 Å². The number of nitrogens with zero attached hydrogens (tertiary/aromatic N) is 6. The van der Waals surface area contributed by atoms with Gasteiger partial charge in [0, 0.05) is 61.7 Å². The van der Waals surface area contributed by atoms with E-state index in [0.29, 0.717) is 26.2 Å². The molecular formula is C31H31ClF4N10O5. The molecule has 1 aromatic carbocycles. The van der Waals surface area contributed by atoms with Crippen LogP contribution in [0.25, 0.3) is 11.5 Å². The summed E-state index contributed by atoms with van der Waals surface area (Å²) in [6.45, 7) is 3.00. The molecule has 2 aliphatic rings. The van der Waals surface area contributed by atoms with Crippen LogP contribution >= 0.6 is 11.6 Å². The predicted molar refractivity (Wildman–Crippen MR) is 172 cm³/mol.